The van der Waals surface area contributed by atoms with Gasteiger partial charge in [-0.1, -0.05) is 29.4 Å². The Labute approximate surface area is 166 Å². The molecular weight excluding hydrogens is 376 g/mol. The van der Waals surface area contributed by atoms with Crippen LogP contribution in [0.4, 0.5) is 0 Å². The van der Waals surface area contributed by atoms with Crippen LogP contribution in [0, 0.1) is 12.3 Å². The van der Waals surface area contributed by atoms with Gasteiger partial charge in [-0.25, -0.2) is 4.79 Å². The highest BCUT2D eigenvalue weighted by Gasteiger charge is 2.12. The standard InChI is InChI=1S/C21H18N2O4S/c1-4-10-23-17-9-8-15(20(25)27-3)13-18(17)28-21(23)22-19(24)12-14-6-5-7-16(11-14)26-2/h1,5-9,11,13H,10,12H2,2-3H3. The predicted molar refractivity (Wildman–Crippen MR) is 107 cm³/mol. The number of ether oxygens (including phenoxy) is 2. The summed E-state index contributed by atoms with van der Waals surface area (Å²) >= 11 is 1.30. The number of carbonyl (C=O) groups excluding carboxylic acids is 2. The fourth-order valence-corrected chi connectivity index (χ4v) is 3.84. The molecule has 0 fully saturated rings. The topological polar surface area (TPSA) is 69.9 Å². The molecule has 7 heteroatoms. The summed E-state index contributed by atoms with van der Waals surface area (Å²) < 4.78 is 12.5. The second kappa shape index (κ2) is 8.55. The summed E-state index contributed by atoms with van der Waals surface area (Å²) in [5, 5.41) is 0. The van der Waals surface area contributed by atoms with Gasteiger partial charge < -0.3 is 14.0 Å². The van der Waals surface area contributed by atoms with Gasteiger partial charge in [-0.15, -0.1) is 6.42 Å². The number of methoxy groups -OCH3 is 2. The molecule has 1 heterocycles. The van der Waals surface area contributed by atoms with Gasteiger partial charge in [0.2, 0.25) is 0 Å². The lowest BCUT2D eigenvalue weighted by Crippen LogP contribution is -2.17. The number of rotatable bonds is 5. The Kier molecular flexibility index (Phi) is 5.92. The molecule has 1 amide bonds. The van der Waals surface area contributed by atoms with E-state index in [0.717, 1.165) is 15.8 Å². The Morgan fingerprint density at radius 1 is 1.21 bits per heavy atom. The maximum Gasteiger partial charge on any atom is 0.337 e. The molecule has 142 valence electrons. The summed E-state index contributed by atoms with van der Waals surface area (Å²) in [6.45, 7) is 0.267. The molecule has 28 heavy (non-hydrogen) atoms. The van der Waals surface area contributed by atoms with Gasteiger partial charge in [0, 0.05) is 0 Å². The summed E-state index contributed by atoms with van der Waals surface area (Å²) in [4.78, 5) is 29.0. The Morgan fingerprint density at radius 2 is 2.04 bits per heavy atom. The largest absolute Gasteiger partial charge is 0.497 e. The zero-order chi connectivity index (χ0) is 20.1. The molecule has 0 radical (unpaired) electrons. The smallest absolute Gasteiger partial charge is 0.337 e. The molecule has 0 N–H and O–H groups in total. The van der Waals surface area contributed by atoms with Crippen LogP contribution in [0.25, 0.3) is 10.2 Å². The van der Waals surface area contributed by atoms with E-state index in [1.807, 2.05) is 18.2 Å². The van der Waals surface area contributed by atoms with Crippen LogP contribution in [-0.4, -0.2) is 30.7 Å². The van der Waals surface area contributed by atoms with E-state index in [2.05, 4.69) is 10.9 Å². The number of hydrogen-bond acceptors (Lipinski definition) is 5. The van der Waals surface area contributed by atoms with Crippen LogP contribution in [0.5, 0.6) is 5.75 Å². The highest BCUT2D eigenvalue weighted by atomic mass is 32.1. The molecule has 6 nitrogen and oxygen atoms in total. The maximum absolute atomic E-state index is 12.5. The van der Waals surface area contributed by atoms with Crippen molar-refractivity contribution in [2.24, 2.45) is 4.99 Å². The number of esters is 1. The summed E-state index contributed by atoms with van der Waals surface area (Å²) in [5.74, 6) is 2.55. The van der Waals surface area contributed by atoms with E-state index in [4.69, 9.17) is 15.9 Å². The molecule has 3 aromatic rings. The van der Waals surface area contributed by atoms with Crippen LogP contribution in [0.15, 0.2) is 47.5 Å². The number of aromatic nitrogens is 1. The van der Waals surface area contributed by atoms with Crippen molar-refractivity contribution in [3.05, 3.63) is 58.4 Å². The first-order valence-electron chi connectivity index (χ1n) is 8.41. The van der Waals surface area contributed by atoms with E-state index in [9.17, 15) is 9.59 Å². The van der Waals surface area contributed by atoms with Crippen LogP contribution in [-0.2, 0) is 22.5 Å². The van der Waals surface area contributed by atoms with Crippen molar-refractivity contribution in [3.8, 4) is 18.1 Å². The molecule has 0 aliphatic rings. The van der Waals surface area contributed by atoms with Gasteiger partial charge in [-0.05, 0) is 35.9 Å². The lowest BCUT2D eigenvalue weighted by atomic mass is 10.1. The predicted octanol–water partition coefficient (Wildman–Crippen LogP) is 2.80. The van der Waals surface area contributed by atoms with Gasteiger partial charge in [-0.2, -0.15) is 4.99 Å². The number of hydrogen-bond donors (Lipinski definition) is 0. The molecule has 0 atom stereocenters. The van der Waals surface area contributed by atoms with Crippen molar-refractivity contribution < 1.29 is 19.1 Å². The Morgan fingerprint density at radius 3 is 2.75 bits per heavy atom. The molecule has 2 aromatic carbocycles. The van der Waals surface area contributed by atoms with Gasteiger partial charge in [0.05, 0.1) is 43.0 Å². The van der Waals surface area contributed by atoms with Crippen molar-refractivity contribution >= 4 is 33.4 Å². The summed E-state index contributed by atoms with van der Waals surface area (Å²) in [6, 6.07) is 12.4. The van der Waals surface area contributed by atoms with Crippen LogP contribution < -0.4 is 9.54 Å². The van der Waals surface area contributed by atoms with Crippen LogP contribution in [0.1, 0.15) is 15.9 Å². The third kappa shape index (κ3) is 4.13. The van der Waals surface area contributed by atoms with E-state index >= 15 is 0 Å². The summed E-state index contributed by atoms with van der Waals surface area (Å²) in [7, 11) is 2.91. The van der Waals surface area contributed by atoms with Gasteiger partial charge >= 0.3 is 5.97 Å². The SMILES string of the molecule is C#CCn1c(=NC(=O)Cc2cccc(OC)c2)sc2cc(C(=O)OC)ccc21. The van der Waals surface area contributed by atoms with Crippen LogP contribution in [0.2, 0.25) is 0 Å². The monoisotopic (exact) mass is 394 g/mol. The third-order valence-electron chi connectivity index (χ3n) is 4.06. The lowest BCUT2D eigenvalue weighted by Gasteiger charge is -2.03. The molecule has 1 aromatic heterocycles. The van der Waals surface area contributed by atoms with E-state index in [1.165, 1.54) is 18.4 Å². The number of benzene rings is 2. The first-order chi connectivity index (χ1) is 13.5. The van der Waals surface area contributed by atoms with Crippen molar-refractivity contribution in [1.29, 1.82) is 0 Å². The lowest BCUT2D eigenvalue weighted by molar-refractivity contribution is -0.117. The maximum atomic E-state index is 12.5. The Bertz CT molecular complexity index is 1150. The number of nitrogens with zero attached hydrogens (tertiary/aromatic N) is 2. The molecule has 3 rings (SSSR count). The minimum atomic E-state index is -0.425. The average Bonchev–Trinajstić information content (AvgIpc) is 3.03. The molecular formula is C21H18N2O4S. The van der Waals surface area contributed by atoms with Crippen molar-refractivity contribution in [1.82, 2.24) is 4.57 Å². The van der Waals surface area contributed by atoms with Crippen molar-refractivity contribution in [2.75, 3.05) is 14.2 Å². The van der Waals surface area contributed by atoms with Crippen LogP contribution >= 0.6 is 11.3 Å². The van der Waals surface area contributed by atoms with Crippen molar-refractivity contribution in [3.63, 3.8) is 0 Å². The fraction of sp³-hybridized carbons (Fsp3) is 0.190. The number of terminal acetylenes is 1. The zero-order valence-electron chi connectivity index (χ0n) is 15.5. The third-order valence-corrected chi connectivity index (χ3v) is 5.10. The van der Waals surface area contributed by atoms with E-state index in [-0.39, 0.29) is 18.9 Å². The average molecular weight is 394 g/mol. The second-order valence-electron chi connectivity index (χ2n) is 5.88. The summed E-state index contributed by atoms with van der Waals surface area (Å²) in [6.07, 6.45) is 5.63. The van der Waals surface area contributed by atoms with Gasteiger partial charge in [-0.3, -0.25) is 4.79 Å². The molecule has 0 saturated heterocycles. The van der Waals surface area contributed by atoms with Gasteiger partial charge in [0.25, 0.3) is 5.91 Å². The Balaban J connectivity index is 1.99. The quantitative estimate of drug-likeness (QED) is 0.493. The minimum absolute atomic E-state index is 0.148. The van der Waals surface area contributed by atoms with Crippen LogP contribution in [0.3, 0.4) is 0 Å². The van der Waals surface area contributed by atoms with E-state index < -0.39 is 5.97 Å². The molecule has 0 saturated carbocycles. The molecule has 0 spiro atoms. The highest BCUT2D eigenvalue weighted by Crippen LogP contribution is 2.20. The molecule has 0 aliphatic heterocycles. The fourth-order valence-electron chi connectivity index (χ4n) is 2.75. The number of amides is 1. The Hall–Kier alpha value is -3.37. The number of fused-ring (bicyclic) bond motifs is 1. The number of carbonyl (C=O) groups is 2. The molecule has 0 unspecified atom stereocenters. The van der Waals surface area contributed by atoms with Gasteiger partial charge in [0.15, 0.2) is 4.80 Å². The number of thiazole rings is 1. The van der Waals surface area contributed by atoms with Gasteiger partial charge in [0.1, 0.15) is 5.75 Å². The molecule has 0 bridgehead atoms. The van der Waals surface area contributed by atoms with E-state index in [1.54, 1.807) is 35.9 Å². The minimum Gasteiger partial charge on any atom is -0.497 e. The molecule has 0 aliphatic carbocycles. The van der Waals surface area contributed by atoms with E-state index in [0.29, 0.717) is 16.1 Å². The second-order valence-corrected chi connectivity index (χ2v) is 6.89. The normalized spacial score (nSPS) is 11.2. The first-order valence-corrected chi connectivity index (χ1v) is 9.23. The zero-order valence-corrected chi connectivity index (χ0v) is 16.3. The summed E-state index contributed by atoms with van der Waals surface area (Å²) in [5.41, 5.74) is 2.05. The highest BCUT2D eigenvalue weighted by molar-refractivity contribution is 7.16. The first kappa shape index (κ1) is 19.4. The van der Waals surface area contributed by atoms with Crippen molar-refractivity contribution in [2.45, 2.75) is 13.0 Å².